The first-order valence-electron chi connectivity index (χ1n) is 8.78. The second kappa shape index (κ2) is 5.62. The van der Waals surface area contributed by atoms with E-state index < -0.39 is 0 Å². The first-order valence-corrected chi connectivity index (χ1v) is 8.78. The first kappa shape index (κ1) is 15.2. The smallest absolute Gasteiger partial charge is 0.235 e. The number of carbonyl (C=O) groups is 1. The molecule has 0 saturated carbocycles. The minimum absolute atomic E-state index is 0.0406. The third kappa shape index (κ3) is 2.37. The number of hydrogen-bond acceptors (Lipinski definition) is 1. The number of para-hydroxylation sites is 1. The fourth-order valence-electron chi connectivity index (χ4n) is 4.21. The predicted octanol–water partition coefficient (Wildman–Crippen LogP) is 5.14. The number of benzene rings is 2. The van der Waals surface area contributed by atoms with Crippen LogP contribution in [-0.2, 0) is 18.3 Å². The van der Waals surface area contributed by atoms with Crippen LogP contribution in [0.15, 0.2) is 54.6 Å². The Bertz CT molecular complexity index is 902. The summed E-state index contributed by atoms with van der Waals surface area (Å²) in [6.07, 6.45) is 3.85. The van der Waals surface area contributed by atoms with Crippen molar-refractivity contribution >= 4 is 16.8 Å². The van der Waals surface area contributed by atoms with Crippen LogP contribution >= 0.6 is 0 Å². The van der Waals surface area contributed by atoms with Gasteiger partial charge in [-0.05, 0) is 36.5 Å². The van der Waals surface area contributed by atoms with Gasteiger partial charge in [0.05, 0.1) is 11.9 Å². The average Bonchev–Trinajstić information content (AvgIpc) is 2.92. The van der Waals surface area contributed by atoms with E-state index in [9.17, 15) is 4.79 Å². The van der Waals surface area contributed by atoms with E-state index in [-0.39, 0.29) is 11.3 Å². The lowest BCUT2D eigenvalue weighted by molar-refractivity contribution is 0.0910. The number of hydrogen-bond donors (Lipinski definition) is 0. The summed E-state index contributed by atoms with van der Waals surface area (Å²) in [6, 6.07) is 18.4. The fraction of sp³-hybridized carbons (Fsp3) is 0.318. The number of nitrogens with zero attached hydrogens (tertiary/aromatic N) is 1. The summed E-state index contributed by atoms with van der Waals surface area (Å²) in [7, 11) is 0. The molecule has 0 N–H and O–H groups in total. The molecule has 2 aromatic carbocycles. The maximum atomic E-state index is 13.2. The molecule has 1 aliphatic carbocycles. The van der Waals surface area contributed by atoms with E-state index in [1.165, 1.54) is 23.1 Å². The molecule has 1 aromatic heterocycles. The van der Waals surface area contributed by atoms with Crippen LogP contribution in [0, 0.1) is 0 Å². The minimum Gasteiger partial charge on any atom is -0.283 e. The van der Waals surface area contributed by atoms with Gasteiger partial charge in [-0.25, -0.2) is 0 Å². The molecular formula is C22H23NO. The number of aromatic nitrogens is 1. The highest BCUT2D eigenvalue weighted by Crippen LogP contribution is 2.42. The SMILES string of the molecule is CC1(C)CCCc2c1n(C(=O)Cc1ccccc1)c1ccccc21. The molecule has 0 radical (unpaired) electrons. The highest BCUT2D eigenvalue weighted by molar-refractivity contribution is 5.97. The van der Waals surface area contributed by atoms with Crippen molar-refractivity contribution in [3.63, 3.8) is 0 Å². The number of rotatable bonds is 2. The Kier molecular flexibility index (Phi) is 3.56. The molecule has 24 heavy (non-hydrogen) atoms. The molecule has 0 unspecified atom stereocenters. The molecule has 0 spiro atoms. The summed E-state index contributed by atoms with van der Waals surface area (Å²) in [4.78, 5) is 13.2. The number of carbonyl (C=O) groups excluding carboxylic acids is 1. The predicted molar refractivity (Wildman–Crippen MR) is 98.7 cm³/mol. The Morgan fingerprint density at radius 3 is 2.54 bits per heavy atom. The summed E-state index contributed by atoms with van der Waals surface area (Å²) in [5.74, 6) is 0.175. The lowest BCUT2D eigenvalue weighted by Crippen LogP contribution is -2.30. The fourth-order valence-corrected chi connectivity index (χ4v) is 4.21. The van der Waals surface area contributed by atoms with Gasteiger partial charge in [0.15, 0.2) is 0 Å². The van der Waals surface area contributed by atoms with Crippen LogP contribution in [-0.4, -0.2) is 10.5 Å². The van der Waals surface area contributed by atoms with Gasteiger partial charge in [-0.15, -0.1) is 0 Å². The van der Waals surface area contributed by atoms with Gasteiger partial charge >= 0.3 is 0 Å². The number of fused-ring (bicyclic) bond motifs is 3. The largest absolute Gasteiger partial charge is 0.283 e. The van der Waals surface area contributed by atoms with Crippen LogP contribution in [0.25, 0.3) is 10.9 Å². The summed E-state index contributed by atoms with van der Waals surface area (Å²) in [6.45, 7) is 4.55. The van der Waals surface area contributed by atoms with Gasteiger partial charge in [0.25, 0.3) is 0 Å². The molecule has 1 aliphatic rings. The molecule has 0 atom stereocenters. The third-order valence-corrected chi connectivity index (χ3v) is 5.30. The van der Waals surface area contributed by atoms with Crippen molar-refractivity contribution in [1.29, 1.82) is 0 Å². The van der Waals surface area contributed by atoms with Crippen molar-refractivity contribution in [2.45, 2.75) is 44.9 Å². The van der Waals surface area contributed by atoms with Crippen LogP contribution in [0.2, 0.25) is 0 Å². The van der Waals surface area contributed by atoms with Gasteiger partial charge < -0.3 is 0 Å². The molecule has 0 saturated heterocycles. The van der Waals surface area contributed by atoms with E-state index in [2.05, 4.69) is 32.0 Å². The van der Waals surface area contributed by atoms with E-state index >= 15 is 0 Å². The zero-order valence-electron chi connectivity index (χ0n) is 14.4. The highest BCUT2D eigenvalue weighted by Gasteiger charge is 2.34. The van der Waals surface area contributed by atoms with E-state index in [0.29, 0.717) is 6.42 Å². The second-order valence-electron chi connectivity index (χ2n) is 7.47. The Morgan fingerprint density at radius 2 is 1.75 bits per heavy atom. The van der Waals surface area contributed by atoms with Gasteiger partial charge in [0.2, 0.25) is 5.91 Å². The Balaban J connectivity index is 1.90. The molecule has 2 nitrogen and oxygen atoms in total. The van der Waals surface area contributed by atoms with Crippen LogP contribution in [0.4, 0.5) is 0 Å². The topological polar surface area (TPSA) is 22.0 Å². The summed E-state index contributed by atoms with van der Waals surface area (Å²) < 4.78 is 2.01. The minimum atomic E-state index is 0.0406. The lowest BCUT2D eigenvalue weighted by Gasteiger charge is -2.32. The molecule has 122 valence electrons. The molecule has 0 amide bonds. The molecule has 4 rings (SSSR count). The van der Waals surface area contributed by atoms with Crippen LogP contribution < -0.4 is 0 Å². The van der Waals surface area contributed by atoms with Crippen LogP contribution in [0.1, 0.15) is 48.3 Å². The molecule has 3 aromatic rings. The summed E-state index contributed by atoms with van der Waals surface area (Å²) >= 11 is 0. The Morgan fingerprint density at radius 1 is 1.04 bits per heavy atom. The zero-order chi connectivity index (χ0) is 16.7. The van der Waals surface area contributed by atoms with Crippen molar-refractivity contribution < 1.29 is 4.79 Å². The van der Waals surface area contributed by atoms with Crippen molar-refractivity contribution in [2.24, 2.45) is 0 Å². The van der Waals surface area contributed by atoms with Gasteiger partial charge in [0, 0.05) is 16.5 Å². The van der Waals surface area contributed by atoms with E-state index in [4.69, 9.17) is 0 Å². The quantitative estimate of drug-likeness (QED) is 0.641. The standard InChI is InChI=1S/C22H23NO/c1-22(2)14-8-12-18-17-11-6-7-13-19(17)23(21(18)22)20(24)15-16-9-4-3-5-10-16/h3-7,9-11,13H,8,12,14-15H2,1-2H3. The average molecular weight is 317 g/mol. The highest BCUT2D eigenvalue weighted by atomic mass is 16.2. The zero-order valence-corrected chi connectivity index (χ0v) is 14.4. The summed E-state index contributed by atoms with van der Waals surface area (Å²) in [5.41, 5.74) is 4.79. The number of aryl methyl sites for hydroxylation is 1. The van der Waals surface area contributed by atoms with Gasteiger partial charge in [0.1, 0.15) is 0 Å². The van der Waals surface area contributed by atoms with Crippen molar-refractivity contribution in [3.05, 3.63) is 71.4 Å². The monoisotopic (exact) mass is 317 g/mol. The van der Waals surface area contributed by atoms with Crippen molar-refractivity contribution in [2.75, 3.05) is 0 Å². The normalized spacial score (nSPS) is 16.1. The first-order chi connectivity index (χ1) is 11.6. The molecule has 0 aliphatic heterocycles. The van der Waals surface area contributed by atoms with E-state index in [0.717, 1.165) is 23.9 Å². The molecule has 0 bridgehead atoms. The van der Waals surface area contributed by atoms with Crippen molar-refractivity contribution in [3.8, 4) is 0 Å². The molecule has 0 fully saturated rings. The third-order valence-electron chi connectivity index (χ3n) is 5.30. The van der Waals surface area contributed by atoms with Gasteiger partial charge in [-0.1, -0.05) is 62.4 Å². The van der Waals surface area contributed by atoms with E-state index in [1.807, 2.05) is 41.0 Å². The summed E-state index contributed by atoms with van der Waals surface area (Å²) in [5, 5.41) is 1.25. The van der Waals surface area contributed by atoms with Gasteiger partial charge in [-0.2, -0.15) is 0 Å². The molecule has 1 heterocycles. The van der Waals surface area contributed by atoms with Crippen molar-refractivity contribution in [1.82, 2.24) is 4.57 Å². The Labute approximate surface area is 143 Å². The van der Waals surface area contributed by atoms with E-state index in [1.54, 1.807) is 0 Å². The molecular weight excluding hydrogens is 294 g/mol. The van der Waals surface area contributed by atoms with Gasteiger partial charge in [-0.3, -0.25) is 9.36 Å². The molecule has 2 heteroatoms. The maximum Gasteiger partial charge on any atom is 0.235 e. The second-order valence-corrected chi connectivity index (χ2v) is 7.47. The van der Waals surface area contributed by atoms with Crippen LogP contribution in [0.5, 0.6) is 0 Å². The lowest BCUT2D eigenvalue weighted by atomic mass is 9.76. The van der Waals surface area contributed by atoms with Crippen LogP contribution in [0.3, 0.4) is 0 Å². The Hall–Kier alpha value is -2.35. The maximum absolute atomic E-state index is 13.2.